The predicted molar refractivity (Wildman–Crippen MR) is 100 cm³/mol. The number of hydrogen-bond donors (Lipinski definition) is 2. The van der Waals surface area contributed by atoms with Crippen molar-refractivity contribution in [2.45, 2.75) is 30.6 Å². The topological polar surface area (TPSA) is 95.4 Å². The van der Waals surface area contributed by atoms with Crippen molar-refractivity contribution >= 4 is 11.9 Å². The second-order valence-corrected chi connectivity index (χ2v) is 7.99. The molecule has 9 nitrogen and oxygen atoms in total. The maximum Gasteiger partial charge on any atom is 0.317 e. The molecule has 2 unspecified atom stereocenters. The second kappa shape index (κ2) is 6.30. The average molecular weight is 381 g/mol. The highest BCUT2D eigenvalue weighted by atomic mass is 16.2. The Hall–Kier alpha value is -2.94. The first-order chi connectivity index (χ1) is 13.5. The number of aromatic nitrogens is 3. The lowest BCUT2D eigenvalue weighted by Crippen LogP contribution is -2.60. The Morgan fingerprint density at radius 3 is 2.89 bits per heavy atom. The maximum absolute atomic E-state index is 12.6. The van der Waals surface area contributed by atoms with Crippen LogP contribution in [0.4, 0.5) is 4.79 Å². The van der Waals surface area contributed by atoms with Crippen LogP contribution in [0.25, 0.3) is 0 Å². The monoisotopic (exact) mass is 381 g/mol. The third kappa shape index (κ3) is 2.73. The molecule has 5 rings (SSSR count). The number of urea groups is 1. The lowest BCUT2D eigenvalue weighted by atomic mass is 9.86. The first kappa shape index (κ1) is 17.2. The van der Waals surface area contributed by atoms with Gasteiger partial charge < -0.3 is 20.1 Å². The van der Waals surface area contributed by atoms with E-state index in [9.17, 15) is 9.59 Å². The molecule has 3 aliphatic rings. The molecule has 2 fully saturated rings. The van der Waals surface area contributed by atoms with Gasteiger partial charge in [-0.3, -0.25) is 14.7 Å². The predicted octanol–water partition coefficient (Wildman–Crippen LogP) is 0.0738. The summed E-state index contributed by atoms with van der Waals surface area (Å²) < 4.78 is 2.21. The highest BCUT2D eigenvalue weighted by Gasteiger charge is 2.52. The van der Waals surface area contributed by atoms with Crippen LogP contribution in [0.2, 0.25) is 0 Å². The van der Waals surface area contributed by atoms with Crippen molar-refractivity contribution in [3.05, 3.63) is 48.3 Å². The molecule has 0 aliphatic carbocycles. The van der Waals surface area contributed by atoms with Crippen molar-refractivity contribution < 1.29 is 9.59 Å². The van der Waals surface area contributed by atoms with Crippen LogP contribution < -0.4 is 10.6 Å². The molecule has 0 radical (unpaired) electrons. The number of pyridine rings is 1. The number of hydrogen-bond acceptors (Lipinski definition) is 5. The van der Waals surface area contributed by atoms with Gasteiger partial charge in [-0.05, 0) is 12.1 Å². The maximum atomic E-state index is 12.6. The summed E-state index contributed by atoms with van der Waals surface area (Å²) in [6.45, 7) is 3.02. The van der Waals surface area contributed by atoms with Gasteiger partial charge in [0.1, 0.15) is 11.9 Å². The first-order valence-electron chi connectivity index (χ1n) is 9.52. The number of amides is 3. The largest absolute Gasteiger partial charge is 0.344 e. The van der Waals surface area contributed by atoms with Gasteiger partial charge in [0.05, 0.1) is 23.8 Å². The molecule has 0 saturated carbocycles. The molecule has 2 aromatic rings. The Kier molecular flexibility index (Phi) is 3.87. The fourth-order valence-corrected chi connectivity index (χ4v) is 4.64. The van der Waals surface area contributed by atoms with E-state index < -0.39 is 6.04 Å². The molecule has 0 aromatic carbocycles. The summed E-state index contributed by atoms with van der Waals surface area (Å²) in [5, 5.41) is 5.81. The Labute approximate surface area is 162 Å². The Balaban J connectivity index is 1.25. The molecule has 1 spiro atoms. The average Bonchev–Trinajstić information content (AvgIpc) is 3.33. The zero-order chi connectivity index (χ0) is 19.3. The van der Waals surface area contributed by atoms with Gasteiger partial charge in [0.2, 0.25) is 5.91 Å². The Morgan fingerprint density at radius 2 is 2.18 bits per heavy atom. The van der Waals surface area contributed by atoms with Crippen molar-refractivity contribution in [2.24, 2.45) is 0 Å². The smallest absolute Gasteiger partial charge is 0.317 e. The van der Waals surface area contributed by atoms with E-state index in [4.69, 9.17) is 0 Å². The summed E-state index contributed by atoms with van der Waals surface area (Å²) in [5.41, 5.74) is 1.03. The summed E-state index contributed by atoms with van der Waals surface area (Å²) in [5.74, 6) is 0.738. The number of fused-ring (bicyclic) bond motifs is 2. The van der Waals surface area contributed by atoms with Crippen molar-refractivity contribution in [3.63, 3.8) is 0 Å². The highest BCUT2D eigenvalue weighted by molar-refractivity contribution is 5.90. The summed E-state index contributed by atoms with van der Waals surface area (Å²) >= 11 is 0. The lowest BCUT2D eigenvalue weighted by molar-refractivity contribution is -0.123. The first-order valence-corrected chi connectivity index (χ1v) is 9.52. The van der Waals surface area contributed by atoms with Crippen molar-refractivity contribution in [1.82, 2.24) is 35.0 Å². The van der Waals surface area contributed by atoms with Crippen LogP contribution in [-0.2, 0) is 16.9 Å². The van der Waals surface area contributed by atoms with E-state index in [1.807, 2.05) is 30.6 Å². The molecule has 146 valence electrons. The number of carbonyl (C=O) groups is 2. The van der Waals surface area contributed by atoms with Gasteiger partial charge in [0.15, 0.2) is 0 Å². The molecule has 3 aliphatic heterocycles. The minimum atomic E-state index is -0.514. The molecule has 5 heterocycles. The van der Waals surface area contributed by atoms with Crippen LogP contribution in [0.5, 0.6) is 0 Å². The molecule has 0 bridgehead atoms. The van der Waals surface area contributed by atoms with Crippen LogP contribution >= 0.6 is 0 Å². The van der Waals surface area contributed by atoms with E-state index >= 15 is 0 Å². The molecule has 2 atom stereocenters. The number of rotatable bonds is 4. The molecular formula is C19H23N7O2. The summed E-state index contributed by atoms with van der Waals surface area (Å²) in [6, 6.07) is 5.11. The van der Waals surface area contributed by atoms with E-state index in [1.165, 1.54) is 4.90 Å². The minimum absolute atomic E-state index is 0.0335. The number of carbonyl (C=O) groups excluding carboxylic acids is 2. The number of nitrogens with zero attached hydrogens (tertiary/aromatic N) is 5. The number of likely N-dealkylation sites (N-methyl/N-ethyl adjacent to an activating group) is 1. The van der Waals surface area contributed by atoms with Crippen LogP contribution in [0, 0.1) is 0 Å². The summed E-state index contributed by atoms with van der Waals surface area (Å²) in [6.07, 6.45) is 6.43. The van der Waals surface area contributed by atoms with Gasteiger partial charge in [0, 0.05) is 51.7 Å². The van der Waals surface area contributed by atoms with Crippen LogP contribution in [0.3, 0.4) is 0 Å². The van der Waals surface area contributed by atoms with Gasteiger partial charge in [-0.15, -0.1) is 0 Å². The Bertz CT molecular complexity index is 906. The van der Waals surface area contributed by atoms with E-state index in [1.54, 1.807) is 13.2 Å². The zero-order valence-corrected chi connectivity index (χ0v) is 15.7. The fraction of sp³-hybridized carbons (Fsp3) is 0.474. The van der Waals surface area contributed by atoms with E-state index in [2.05, 4.69) is 30.1 Å². The molecule has 28 heavy (non-hydrogen) atoms. The summed E-state index contributed by atoms with van der Waals surface area (Å²) in [4.78, 5) is 37.1. The molecular weight excluding hydrogens is 358 g/mol. The summed E-state index contributed by atoms with van der Waals surface area (Å²) in [7, 11) is 1.68. The molecule has 2 aromatic heterocycles. The van der Waals surface area contributed by atoms with Crippen LogP contribution in [-0.4, -0.2) is 69.0 Å². The van der Waals surface area contributed by atoms with Gasteiger partial charge >= 0.3 is 6.03 Å². The van der Waals surface area contributed by atoms with Crippen LogP contribution in [0.1, 0.15) is 24.0 Å². The normalized spacial score (nSPS) is 25.5. The number of nitrogens with one attached hydrogen (secondary N) is 2. The van der Waals surface area contributed by atoms with E-state index in [0.717, 1.165) is 37.6 Å². The third-order valence-corrected chi connectivity index (χ3v) is 5.96. The number of likely N-dealkylation sites (tertiary alicyclic amines) is 1. The van der Waals surface area contributed by atoms with Gasteiger partial charge in [-0.2, -0.15) is 0 Å². The van der Waals surface area contributed by atoms with Gasteiger partial charge in [-0.1, -0.05) is 6.07 Å². The highest BCUT2D eigenvalue weighted by Crippen LogP contribution is 2.44. The standard InChI is InChI=1S/C19H23N7O2/c1-24-10-15(23-18(24)28)17(27)22-14-8-19(26-7-6-21-16(14)26)11-25(12-19)9-13-4-2-3-5-20-13/h2-7,14-15H,8-12H2,1H3,(H,22,27)(H,23,28). The van der Waals surface area contributed by atoms with Crippen molar-refractivity contribution in [3.8, 4) is 0 Å². The zero-order valence-electron chi connectivity index (χ0n) is 15.7. The fourth-order valence-electron chi connectivity index (χ4n) is 4.64. The van der Waals surface area contributed by atoms with Gasteiger partial charge in [0.25, 0.3) is 0 Å². The third-order valence-electron chi connectivity index (χ3n) is 5.96. The SMILES string of the molecule is CN1CC(C(=O)NC2CC3(CN(Cc4ccccn4)C3)n3ccnc32)NC1=O. The lowest BCUT2D eigenvalue weighted by Gasteiger charge is -2.49. The number of imidazole rings is 1. The van der Waals surface area contributed by atoms with E-state index in [0.29, 0.717) is 6.54 Å². The Morgan fingerprint density at radius 1 is 1.32 bits per heavy atom. The van der Waals surface area contributed by atoms with Gasteiger partial charge in [-0.25, -0.2) is 9.78 Å². The molecule has 2 N–H and O–H groups in total. The quantitative estimate of drug-likeness (QED) is 0.782. The van der Waals surface area contributed by atoms with E-state index in [-0.39, 0.29) is 23.5 Å². The van der Waals surface area contributed by atoms with Crippen LogP contribution in [0.15, 0.2) is 36.8 Å². The van der Waals surface area contributed by atoms with Crippen molar-refractivity contribution in [1.29, 1.82) is 0 Å². The molecule has 9 heteroatoms. The van der Waals surface area contributed by atoms with Crippen molar-refractivity contribution in [2.75, 3.05) is 26.7 Å². The molecule has 3 amide bonds. The molecule has 2 saturated heterocycles. The minimum Gasteiger partial charge on any atom is -0.344 e. The second-order valence-electron chi connectivity index (χ2n) is 7.99.